The number of carboxylic acids is 1. The zero-order chi connectivity index (χ0) is 11.5. The molecule has 4 nitrogen and oxygen atoms in total. The second kappa shape index (κ2) is 2.85. The highest BCUT2D eigenvalue weighted by molar-refractivity contribution is 9.10. The Kier molecular flexibility index (Phi) is 1.75. The van der Waals surface area contributed by atoms with Gasteiger partial charge in [-0.05, 0) is 18.2 Å². The summed E-state index contributed by atoms with van der Waals surface area (Å²) in [5.74, 6) is -1.35. The second-order valence-electron chi connectivity index (χ2n) is 4.06. The Balaban J connectivity index is 2.11. The summed E-state index contributed by atoms with van der Waals surface area (Å²) in [4.78, 5) is 23.0. The molecule has 0 spiro atoms. The third kappa shape index (κ3) is 1.09. The van der Waals surface area contributed by atoms with Gasteiger partial charge in [0.1, 0.15) is 5.75 Å². The van der Waals surface area contributed by atoms with Gasteiger partial charge < -0.3 is 9.84 Å². The minimum Gasteiger partial charge on any atom is -0.478 e. The summed E-state index contributed by atoms with van der Waals surface area (Å²) in [6, 6.07) is 5.02. The van der Waals surface area contributed by atoms with E-state index < -0.39 is 17.5 Å². The lowest BCUT2D eigenvalue weighted by molar-refractivity contribution is -0.148. The van der Waals surface area contributed by atoms with Crippen LogP contribution in [0.25, 0.3) is 0 Å². The van der Waals surface area contributed by atoms with Gasteiger partial charge in [0.25, 0.3) is 0 Å². The smallest absolute Gasteiger partial charge is 0.348 e. The number of ketones is 1. The molecule has 16 heavy (non-hydrogen) atoms. The Morgan fingerprint density at radius 1 is 1.56 bits per heavy atom. The van der Waals surface area contributed by atoms with Crippen molar-refractivity contribution < 1.29 is 19.4 Å². The van der Waals surface area contributed by atoms with Crippen LogP contribution in [0.15, 0.2) is 22.7 Å². The molecule has 1 N–H and O–H groups in total. The number of halogens is 1. The molecule has 1 heterocycles. The van der Waals surface area contributed by atoms with E-state index in [0.717, 1.165) is 4.47 Å². The lowest BCUT2D eigenvalue weighted by Crippen LogP contribution is -2.37. The van der Waals surface area contributed by atoms with E-state index >= 15 is 0 Å². The molecule has 5 heteroatoms. The van der Waals surface area contributed by atoms with E-state index in [1.807, 2.05) is 0 Å². The van der Waals surface area contributed by atoms with Crippen molar-refractivity contribution in [1.82, 2.24) is 0 Å². The average Bonchev–Trinajstić information content (AvgIpc) is 2.96. The third-order valence-corrected chi connectivity index (χ3v) is 3.58. The predicted octanol–water partition coefficient (Wildman–Crippen LogP) is 1.87. The van der Waals surface area contributed by atoms with E-state index in [1.165, 1.54) is 0 Å². The molecule has 0 saturated heterocycles. The van der Waals surface area contributed by atoms with Gasteiger partial charge in [0.05, 0.1) is 11.5 Å². The molecule has 82 valence electrons. The van der Waals surface area contributed by atoms with E-state index in [-0.39, 0.29) is 12.2 Å². The number of carbonyl (C=O) groups excluding carboxylic acids is 1. The van der Waals surface area contributed by atoms with Crippen molar-refractivity contribution in [2.45, 2.75) is 12.0 Å². The van der Waals surface area contributed by atoms with Gasteiger partial charge in [-0.25, -0.2) is 4.79 Å². The largest absolute Gasteiger partial charge is 0.478 e. The van der Waals surface area contributed by atoms with Crippen LogP contribution in [-0.4, -0.2) is 22.5 Å². The van der Waals surface area contributed by atoms with Gasteiger partial charge >= 0.3 is 5.97 Å². The zero-order valence-electron chi connectivity index (χ0n) is 8.07. The number of hydrogen-bond donors (Lipinski definition) is 1. The average molecular weight is 283 g/mol. The molecular weight excluding hydrogens is 276 g/mol. The molecule has 2 atom stereocenters. The predicted molar refractivity (Wildman–Crippen MR) is 57.6 cm³/mol. The van der Waals surface area contributed by atoms with Gasteiger partial charge in [0.2, 0.25) is 5.60 Å². The Morgan fingerprint density at radius 2 is 2.31 bits per heavy atom. The Morgan fingerprint density at radius 3 is 3.00 bits per heavy atom. The molecule has 3 rings (SSSR count). The van der Waals surface area contributed by atoms with Crippen molar-refractivity contribution in [3.8, 4) is 5.75 Å². The van der Waals surface area contributed by atoms with E-state index in [1.54, 1.807) is 18.2 Å². The van der Waals surface area contributed by atoms with Crippen LogP contribution in [0.3, 0.4) is 0 Å². The van der Waals surface area contributed by atoms with Gasteiger partial charge in [-0.3, -0.25) is 4.79 Å². The van der Waals surface area contributed by atoms with E-state index in [9.17, 15) is 9.59 Å². The summed E-state index contributed by atoms with van der Waals surface area (Å²) < 4.78 is 6.22. The first-order valence-corrected chi connectivity index (χ1v) is 5.60. The lowest BCUT2D eigenvalue weighted by Gasteiger charge is -2.22. The normalized spacial score (nSPS) is 30.1. The number of hydrogen-bond acceptors (Lipinski definition) is 3. The fourth-order valence-corrected chi connectivity index (χ4v) is 2.47. The molecule has 1 saturated carbocycles. The maximum atomic E-state index is 12.0. The van der Waals surface area contributed by atoms with Crippen molar-refractivity contribution in [2.24, 2.45) is 5.92 Å². The van der Waals surface area contributed by atoms with Crippen LogP contribution >= 0.6 is 15.9 Å². The number of ether oxygens (including phenoxy) is 1. The number of benzene rings is 1. The van der Waals surface area contributed by atoms with Gasteiger partial charge in [0, 0.05) is 10.9 Å². The Bertz CT molecular complexity index is 525. The summed E-state index contributed by atoms with van der Waals surface area (Å²) in [6.45, 7) is 0. The maximum Gasteiger partial charge on any atom is 0.348 e. The monoisotopic (exact) mass is 282 g/mol. The van der Waals surface area contributed by atoms with E-state index in [2.05, 4.69) is 15.9 Å². The van der Waals surface area contributed by atoms with Crippen molar-refractivity contribution >= 4 is 27.7 Å². The lowest BCUT2D eigenvalue weighted by atomic mass is 10.0. The standard InChI is InChI=1S/C11H7BrO4/c12-5-1-2-8-6(3-5)9(13)7-4-11(7,16-8)10(14)15/h1-3,7H,4H2,(H,14,15)/t7-,11+/m0/s1. The van der Waals surface area contributed by atoms with Gasteiger partial charge in [0.15, 0.2) is 5.78 Å². The number of aliphatic carboxylic acids is 1. The van der Waals surface area contributed by atoms with Crippen molar-refractivity contribution in [3.63, 3.8) is 0 Å². The summed E-state index contributed by atoms with van der Waals surface area (Å²) in [7, 11) is 0. The number of Topliss-reactive ketones (excluding diaryl/α,β-unsaturated/α-hetero) is 1. The molecule has 0 aromatic heterocycles. The number of carboxylic acid groups (broad SMARTS) is 1. The van der Waals surface area contributed by atoms with Gasteiger partial charge in [-0.1, -0.05) is 15.9 Å². The summed E-state index contributed by atoms with van der Waals surface area (Å²) in [6.07, 6.45) is 0.271. The topological polar surface area (TPSA) is 63.6 Å². The molecule has 1 aromatic carbocycles. The van der Waals surface area contributed by atoms with Crippen LogP contribution in [0, 0.1) is 5.92 Å². The zero-order valence-corrected chi connectivity index (χ0v) is 9.65. The van der Waals surface area contributed by atoms with E-state index in [0.29, 0.717) is 11.3 Å². The molecule has 1 aliphatic heterocycles. The fourth-order valence-electron chi connectivity index (χ4n) is 2.11. The van der Waals surface area contributed by atoms with Crippen LogP contribution in [0.4, 0.5) is 0 Å². The molecule has 0 amide bonds. The first kappa shape index (κ1) is 9.84. The first-order chi connectivity index (χ1) is 7.54. The van der Waals surface area contributed by atoms with Crippen LogP contribution in [0.5, 0.6) is 5.75 Å². The number of carbonyl (C=O) groups is 2. The molecule has 1 aliphatic carbocycles. The molecule has 1 aromatic rings. The minimum atomic E-state index is -1.29. The molecule has 1 fully saturated rings. The Hall–Kier alpha value is -1.36. The number of rotatable bonds is 1. The molecule has 0 radical (unpaired) electrons. The molecule has 0 unspecified atom stereocenters. The maximum absolute atomic E-state index is 12.0. The second-order valence-corrected chi connectivity index (χ2v) is 4.97. The van der Waals surface area contributed by atoms with Crippen LogP contribution < -0.4 is 4.74 Å². The summed E-state index contributed by atoms with van der Waals surface area (Å²) >= 11 is 3.27. The van der Waals surface area contributed by atoms with Crippen LogP contribution in [0.1, 0.15) is 16.8 Å². The SMILES string of the molecule is O=C1c2cc(Br)ccc2O[C@]2(C(=O)O)C[C@@H]12. The molecular formula is C11H7BrO4. The Labute approximate surface area is 99.3 Å². The highest BCUT2D eigenvalue weighted by Gasteiger charge is 2.69. The summed E-state index contributed by atoms with van der Waals surface area (Å²) in [5, 5.41) is 9.05. The first-order valence-electron chi connectivity index (χ1n) is 4.81. The summed E-state index contributed by atoms with van der Waals surface area (Å²) in [5.41, 5.74) is -0.827. The highest BCUT2D eigenvalue weighted by atomic mass is 79.9. The van der Waals surface area contributed by atoms with Crippen molar-refractivity contribution in [1.29, 1.82) is 0 Å². The van der Waals surface area contributed by atoms with Gasteiger partial charge in [-0.2, -0.15) is 0 Å². The van der Waals surface area contributed by atoms with Crippen LogP contribution in [-0.2, 0) is 4.79 Å². The minimum absolute atomic E-state index is 0.134. The molecule has 2 aliphatic rings. The molecule has 0 bridgehead atoms. The van der Waals surface area contributed by atoms with E-state index in [4.69, 9.17) is 9.84 Å². The highest BCUT2D eigenvalue weighted by Crippen LogP contribution is 2.54. The van der Waals surface area contributed by atoms with Crippen molar-refractivity contribution in [3.05, 3.63) is 28.2 Å². The van der Waals surface area contributed by atoms with Gasteiger partial charge in [-0.15, -0.1) is 0 Å². The van der Waals surface area contributed by atoms with Crippen LogP contribution in [0.2, 0.25) is 0 Å². The number of fused-ring (bicyclic) bond motifs is 2. The third-order valence-electron chi connectivity index (χ3n) is 3.09. The fraction of sp³-hybridized carbons (Fsp3) is 0.273. The quantitative estimate of drug-likeness (QED) is 0.854. The van der Waals surface area contributed by atoms with Crippen molar-refractivity contribution in [2.75, 3.05) is 0 Å².